The van der Waals surface area contributed by atoms with Crippen LogP contribution >= 0.6 is 0 Å². The van der Waals surface area contributed by atoms with Gasteiger partial charge in [-0.05, 0) is 44.9 Å². The third-order valence-corrected chi connectivity index (χ3v) is 14.5. The third kappa shape index (κ3) is 57.1. The van der Waals surface area contributed by atoms with Gasteiger partial charge in [-0.1, -0.05) is 309 Å². The van der Waals surface area contributed by atoms with Crippen LogP contribution in [0.4, 0.5) is 0 Å². The topological polar surface area (TPSA) is 78.9 Å². The van der Waals surface area contributed by atoms with Gasteiger partial charge in [-0.2, -0.15) is 0 Å². The summed E-state index contributed by atoms with van der Waals surface area (Å²) in [5.74, 6) is -0.846. The first kappa shape index (κ1) is 68.2. The summed E-state index contributed by atoms with van der Waals surface area (Å²) in [6, 6.07) is 0. The molecule has 0 N–H and O–H groups in total. The van der Waals surface area contributed by atoms with Gasteiger partial charge in [0.25, 0.3) is 0 Å². The van der Waals surface area contributed by atoms with Crippen LogP contribution in [0.5, 0.6) is 0 Å². The molecule has 0 heterocycles. The van der Waals surface area contributed by atoms with Crippen molar-refractivity contribution < 1.29 is 28.6 Å². The van der Waals surface area contributed by atoms with Gasteiger partial charge in [-0.3, -0.25) is 14.4 Å². The molecule has 0 saturated heterocycles. The first-order chi connectivity index (χ1) is 34.5. The van der Waals surface area contributed by atoms with E-state index in [4.69, 9.17) is 14.2 Å². The molecular weight excluding hydrogens is 865 g/mol. The van der Waals surface area contributed by atoms with Crippen molar-refractivity contribution in [3.05, 3.63) is 12.2 Å². The molecule has 0 aromatic rings. The number of hydrogen-bond donors (Lipinski definition) is 0. The number of esters is 3. The lowest BCUT2D eigenvalue weighted by Gasteiger charge is -2.18. The SMILES string of the molecule is CCCCCCC/C=C\CCCCCCCC(=O)OCC(COC(=O)CCCCCCCCCCCCCCCCCCCCCCCCC)OC(=O)CCCCCCCCCCCCCCCCC. The minimum absolute atomic E-state index is 0.0661. The van der Waals surface area contributed by atoms with Crippen LogP contribution in [-0.2, 0) is 28.6 Å². The minimum Gasteiger partial charge on any atom is -0.462 e. The van der Waals surface area contributed by atoms with Crippen LogP contribution in [0.1, 0.15) is 361 Å². The summed E-state index contributed by atoms with van der Waals surface area (Å²) in [6.45, 7) is 6.70. The Balaban J connectivity index is 4.23. The zero-order chi connectivity index (χ0) is 50.7. The van der Waals surface area contributed by atoms with Crippen LogP contribution in [-0.4, -0.2) is 37.2 Å². The van der Waals surface area contributed by atoms with Gasteiger partial charge < -0.3 is 14.2 Å². The van der Waals surface area contributed by atoms with Crippen molar-refractivity contribution in [3.8, 4) is 0 Å². The number of unbranched alkanes of at least 4 members (excludes halogenated alkanes) is 46. The van der Waals surface area contributed by atoms with E-state index in [1.165, 1.54) is 257 Å². The molecule has 0 aliphatic heterocycles. The number of hydrogen-bond acceptors (Lipinski definition) is 6. The number of carbonyl (C=O) groups excluding carboxylic acids is 3. The van der Waals surface area contributed by atoms with Crippen molar-refractivity contribution in [3.63, 3.8) is 0 Å². The molecule has 1 atom stereocenters. The van der Waals surface area contributed by atoms with Crippen LogP contribution in [0, 0.1) is 0 Å². The predicted molar refractivity (Wildman–Crippen MR) is 303 cm³/mol. The Morgan fingerprint density at radius 3 is 0.714 bits per heavy atom. The normalized spacial score (nSPS) is 12.0. The average Bonchev–Trinajstić information content (AvgIpc) is 3.36. The highest BCUT2D eigenvalue weighted by molar-refractivity contribution is 5.71. The summed E-state index contributed by atoms with van der Waals surface area (Å²) < 4.78 is 16.9. The second kappa shape index (κ2) is 59.7. The molecule has 0 fully saturated rings. The zero-order valence-corrected chi connectivity index (χ0v) is 47.6. The summed E-state index contributed by atoms with van der Waals surface area (Å²) in [4.78, 5) is 38.2. The van der Waals surface area contributed by atoms with Crippen LogP contribution in [0.25, 0.3) is 0 Å². The Kier molecular flexibility index (Phi) is 58.1. The Hall–Kier alpha value is -1.85. The molecule has 0 aliphatic rings. The Morgan fingerprint density at radius 2 is 0.471 bits per heavy atom. The fourth-order valence-electron chi connectivity index (χ4n) is 9.74. The second-order valence-electron chi connectivity index (χ2n) is 21.7. The van der Waals surface area contributed by atoms with Crippen molar-refractivity contribution >= 4 is 17.9 Å². The highest BCUT2D eigenvalue weighted by Gasteiger charge is 2.19. The van der Waals surface area contributed by atoms with Crippen molar-refractivity contribution in [1.29, 1.82) is 0 Å². The highest BCUT2D eigenvalue weighted by atomic mass is 16.6. The molecule has 0 aromatic heterocycles. The number of allylic oxidation sites excluding steroid dienone is 2. The molecule has 0 amide bonds. The molecule has 0 rings (SSSR count). The van der Waals surface area contributed by atoms with E-state index in [2.05, 4.69) is 32.9 Å². The lowest BCUT2D eigenvalue weighted by Crippen LogP contribution is -2.30. The van der Waals surface area contributed by atoms with Gasteiger partial charge in [-0.15, -0.1) is 0 Å². The summed E-state index contributed by atoms with van der Waals surface area (Å²) in [6.07, 6.45) is 69.3. The van der Waals surface area contributed by atoms with Gasteiger partial charge in [0.05, 0.1) is 0 Å². The standard InChI is InChI=1S/C64H122O6/c1-4-7-10-13-16-19-22-25-28-29-30-31-32-33-34-35-37-39-42-45-48-51-54-57-63(66)69-60-61(59-68-62(65)56-53-50-47-44-41-38-27-24-21-18-15-12-9-6-3)70-64(67)58-55-52-49-46-43-40-36-26-23-20-17-14-11-8-5-2/h24,27,61H,4-23,25-26,28-60H2,1-3H3/b27-24-. The first-order valence-corrected chi connectivity index (χ1v) is 31.7. The summed E-state index contributed by atoms with van der Waals surface area (Å²) in [7, 11) is 0. The monoisotopic (exact) mass is 987 g/mol. The molecule has 0 radical (unpaired) electrons. The maximum atomic E-state index is 12.9. The molecule has 0 saturated carbocycles. The van der Waals surface area contributed by atoms with Gasteiger partial charge in [0.2, 0.25) is 0 Å². The summed E-state index contributed by atoms with van der Waals surface area (Å²) >= 11 is 0. The molecule has 414 valence electrons. The van der Waals surface area contributed by atoms with Gasteiger partial charge in [0.1, 0.15) is 13.2 Å². The van der Waals surface area contributed by atoms with E-state index < -0.39 is 6.10 Å². The van der Waals surface area contributed by atoms with Crippen molar-refractivity contribution in [1.82, 2.24) is 0 Å². The molecule has 0 aromatic carbocycles. The molecular formula is C64H122O6. The van der Waals surface area contributed by atoms with Gasteiger partial charge in [-0.25, -0.2) is 0 Å². The Bertz CT molecular complexity index is 1090. The van der Waals surface area contributed by atoms with E-state index in [1.54, 1.807) is 0 Å². The van der Waals surface area contributed by atoms with Crippen molar-refractivity contribution in [2.45, 2.75) is 367 Å². The van der Waals surface area contributed by atoms with Crippen LogP contribution in [0.2, 0.25) is 0 Å². The molecule has 0 aliphatic carbocycles. The van der Waals surface area contributed by atoms with Gasteiger partial charge in [0, 0.05) is 19.3 Å². The van der Waals surface area contributed by atoms with E-state index in [9.17, 15) is 14.4 Å². The second-order valence-corrected chi connectivity index (χ2v) is 21.7. The lowest BCUT2D eigenvalue weighted by atomic mass is 10.0. The first-order valence-electron chi connectivity index (χ1n) is 31.7. The molecule has 70 heavy (non-hydrogen) atoms. The molecule has 0 spiro atoms. The van der Waals surface area contributed by atoms with Crippen molar-refractivity contribution in [2.75, 3.05) is 13.2 Å². The van der Waals surface area contributed by atoms with E-state index in [1.807, 2.05) is 0 Å². The number of carbonyl (C=O) groups is 3. The lowest BCUT2D eigenvalue weighted by molar-refractivity contribution is -0.167. The Morgan fingerprint density at radius 1 is 0.271 bits per heavy atom. The highest BCUT2D eigenvalue weighted by Crippen LogP contribution is 2.18. The van der Waals surface area contributed by atoms with Crippen LogP contribution in [0.15, 0.2) is 12.2 Å². The fourth-order valence-corrected chi connectivity index (χ4v) is 9.74. The van der Waals surface area contributed by atoms with E-state index in [-0.39, 0.29) is 31.1 Å². The minimum atomic E-state index is -0.768. The predicted octanol–water partition coefficient (Wildman–Crippen LogP) is 21.3. The van der Waals surface area contributed by atoms with Crippen LogP contribution in [0.3, 0.4) is 0 Å². The smallest absolute Gasteiger partial charge is 0.306 e. The maximum Gasteiger partial charge on any atom is 0.306 e. The molecule has 0 bridgehead atoms. The summed E-state index contributed by atoms with van der Waals surface area (Å²) in [5, 5.41) is 0. The number of ether oxygens (including phenoxy) is 3. The average molecular weight is 988 g/mol. The van der Waals surface area contributed by atoms with E-state index in [0.717, 1.165) is 64.2 Å². The number of rotatable bonds is 59. The zero-order valence-electron chi connectivity index (χ0n) is 47.6. The fraction of sp³-hybridized carbons (Fsp3) is 0.922. The largest absolute Gasteiger partial charge is 0.462 e. The van der Waals surface area contributed by atoms with E-state index >= 15 is 0 Å². The van der Waals surface area contributed by atoms with Crippen molar-refractivity contribution in [2.24, 2.45) is 0 Å². The molecule has 6 nitrogen and oxygen atoms in total. The molecule has 1 unspecified atom stereocenters. The summed E-state index contributed by atoms with van der Waals surface area (Å²) in [5.41, 5.74) is 0. The maximum absolute atomic E-state index is 12.9. The van der Waals surface area contributed by atoms with Crippen LogP contribution < -0.4 is 0 Å². The van der Waals surface area contributed by atoms with Gasteiger partial charge >= 0.3 is 17.9 Å². The molecule has 6 heteroatoms. The van der Waals surface area contributed by atoms with E-state index in [0.29, 0.717) is 19.3 Å². The quantitative estimate of drug-likeness (QED) is 0.0261. The van der Waals surface area contributed by atoms with Gasteiger partial charge in [0.15, 0.2) is 6.10 Å². The third-order valence-electron chi connectivity index (χ3n) is 14.5. The Labute approximate surface area is 437 Å².